The zero-order chi connectivity index (χ0) is 13.4. The lowest BCUT2D eigenvalue weighted by Gasteiger charge is -2.51. The molecule has 1 atom stereocenters. The molecule has 1 spiro atoms. The van der Waals surface area contributed by atoms with Crippen molar-refractivity contribution >= 4 is 6.09 Å². The number of aliphatic hydroxyl groups is 1. The number of aliphatic hydroxyl groups excluding tert-OH is 1. The van der Waals surface area contributed by atoms with Gasteiger partial charge in [-0.05, 0) is 51.9 Å². The third-order valence-electron chi connectivity index (χ3n) is 4.25. The summed E-state index contributed by atoms with van der Waals surface area (Å²) in [6.07, 6.45) is 5.52. The molecule has 2 aliphatic rings. The molecule has 1 unspecified atom stereocenters. The van der Waals surface area contributed by atoms with Crippen molar-refractivity contribution in [3.05, 3.63) is 0 Å². The van der Waals surface area contributed by atoms with Gasteiger partial charge in [0.25, 0.3) is 0 Å². The van der Waals surface area contributed by atoms with Gasteiger partial charge < -0.3 is 14.7 Å². The van der Waals surface area contributed by atoms with Crippen LogP contribution in [0, 0.1) is 5.41 Å². The summed E-state index contributed by atoms with van der Waals surface area (Å²) in [6, 6.07) is -0.0612. The molecule has 1 aliphatic heterocycles. The number of carbonyl (C=O) groups excluding carboxylic acids is 1. The zero-order valence-electron chi connectivity index (χ0n) is 11.7. The van der Waals surface area contributed by atoms with E-state index >= 15 is 0 Å². The quantitative estimate of drug-likeness (QED) is 0.783. The minimum absolute atomic E-state index is 0.0427. The second kappa shape index (κ2) is 4.72. The Bertz CT molecular complexity index is 317. The fourth-order valence-electron chi connectivity index (χ4n) is 3.11. The van der Waals surface area contributed by atoms with Crippen LogP contribution in [0.2, 0.25) is 0 Å². The normalized spacial score (nSPS) is 26.9. The molecule has 0 aromatic carbocycles. The summed E-state index contributed by atoms with van der Waals surface area (Å²) in [6.45, 7) is 6.38. The third-order valence-corrected chi connectivity index (χ3v) is 4.25. The van der Waals surface area contributed by atoms with Crippen molar-refractivity contribution in [2.45, 2.75) is 64.5 Å². The van der Waals surface area contributed by atoms with E-state index in [1.807, 2.05) is 20.8 Å². The summed E-state index contributed by atoms with van der Waals surface area (Å²) < 4.78 is 5.40. The van der Waals surface area contributed by atoms with Crippen LogP contribution in [0.15, 0.2) is 0 Å². The topological polar surface area (TPSA) is 49.8 Å². The number of likely N-dealkylation sites (tertiary alicyclic amines) is 1. The van der Waals surface area contributed by atoms with Crippen LogP contribution in [-0.4, -0.2) is 40.9 Å². The number of rotatable bonds is 1. The Balaban J connectivity index is 1.98. The average Bonchev–Trinajstić information content (AvgIpc) is 2.23. The van der Waals surface area contributed by atoms with Crippen LogP contribution >= 0.6 is 0 Å². The summed E-state index contributed by atoms with van der Waals surface area (Å²) in [7, 11) is 0. The average molecular weight is 255 g/mol. The Hall–Kier alpha value is -0.770. The molecule has 1 saturated carbocycles. The van der Waals surface area contributed by atoms with Gasteiger partial charge in [0.05, 0.1) is 12.6 Å². The van der Waals surface area contributed by atoms with Crippen LogP contribution in [0.25, 0.3) is 0 Å². The molecule has 0 radical (unpaired) electrons. The van der Waals surface area contributed by atoms with Crippen LogP contribution in [-0.2, 0) is 4.74 Å². The van der Waals surface area contributed by atoms with Crippen LogP contribution < -0.4 is 0 Å². The monoisotopic (exact) mass is 255 g/mol. The Kier molecular flexibility index (Phi) is 3.58. The summed E-state index contributed by atoms with van der Waals surface area (Å²) >= 11 is 0. The van der Waals surface area contributed by atoms with Gasteiger partial charge >= 0.3 is 6.09 Å². The van der Waals surface area contributed by atoms with E-state index < -0.39 is 5.60 Å². The number of nitrogens with zero attached hydrogens (tertiary/aromatic N) is 1. The lowest BCUT2D eigenvalue weighted by Crippen LogP contribution is -2.54. The number of piperidine rings is 1. The van der Waals surface area contributed by atoms with Crippen molar-refractivity contribution in [2.24, 2.45) is 5.41 Å². The number of carbonyl (C=O) groups is 1. The molecular formula is C14H25NO3. The lowest BCUT2D eigenvalue weighted by molar-refractivity contribution is -0.0404. The van der Waals surface area contributed by atoms with Gasteiger partial charge in [-0.25, -0.2) is 4.79 Å². The van der Waals surface area contributed by atoms with Crippen molar-refractivity contribution in [1.29, 1.82) is 0 Å². The zero-order valence-corrected chi connectivity index (χ0v) is 11.7. The first-order valence-electron chi connectivity index (χ1n) is 6.96. The molecule has 1 heterocycles. The van der Waals surface area contributed by atoms with E-state index in [0.29, 0.717) is 5.41 Å². The highest BCUT2D eigenvalue weighted by atomic mass is 16.6. The molecule has 0 aromatic rings. The fraction of sp³-hybridized carbons (Fsp3) is 0.929. The minimum Gasteiger partial charge on any atom is -0.444 e. The van der Waals surface area contributed by atoms with E-state index in [1.165, 1.54) is 19.3 Å². The van der Waals surface area contributed by atoms with Crippen molar-refractivity contribution < 1.29 is 14.6 Å². The van der Waals surface area contributed by atoms with Crippen molar-refractivity contribution in [3.63, 3.8) is 0 Å². The molecule has 18 heavy (non-hydrogen) atoms. The molecule has 2 rings (SSSR count). The molecule has 2 fully saturated rings. The van der Waals surface area contributed by atoms with Crippen molar-refractivity contribution in [2.75, 3.05) is 13.2 Å². The minimum atomic E-state index is -0.470. The van der Waals surface area contributed by atoms with E-state index in [4.69, 9.17) is 4.74 Å². The largest absolute Gasteiger partial charge is 0.444 e. The first-order chi connectivity index (χ1) is 8.35. The third kappa shape index (κ3) is 2.79. The second-order valence-corrected chi connectivity index (χ2v) is 6.82. The SMILES string of the molecule is CC(C)(C)OC(=O)N1CCC2(CCC2)CC1CO. The molecule has 0 aromatic heterocycles. The molecule has 0 bridgehead atoms. The van der Waals surface area contributed by atoms with Gasteiger partial charge in [0.1, 0.15) is 5.60 Å². The molecule has 4 heteroatoms. The molecule has 1 aliphatic carbocycles. The Morgan fingerprint density at radius 1 is 1.39 bits per heavy atom. The van der Waals surface area contributed by atoms with Crippen LogP contribution in [0.5, 0.6) is 0 Å². The standard InChI is InChI=1S/C14H25NO3/c1-13(2,3)18-12(17)15-8-7-14(5-4-6-14)9-11(15)10-16/h11,16H,4-10H2,1-3H3. The maximum absolute atomic E-state index is 12.1. The molecule has 104 valence electrons. The smallest absolute Gasteiger partial charge is 0.410 e. The second-order valence-electron chi connectivity index (χ2n) is 6.82. The van der Waals surface area contributed by atoms with Gasteiger partial charge in [-0.1, -0.05) is 6.42 Å². The highest BCUT2D eigenvalue weighted by Gasteiger charge is 2.45. The summed E-state index contributed by atoms with van der Waals surface area (Å²) in [4.78, 5) is 13.8. The van der Waals surface area contributed by atoms with Gasteiger partial charge in [-0.2, -0.15) is 0 Å². The van der Waals surface area contributed by atoms with Crippen LogP contribution in [0.1, 0.15) is 52.9 Å². The van der Waals surface area contributed by atoms with Gasteiger partial charge in [0.2, 0.25) is 0 Å². The van der Waals surface area contributed by atoms with E-state index in [2.05, 4.69) is 0 Å². The first kappa shape index (κ1) is 13.7. The Morgan fingerprint density at radius 3 is 2.50 bits per heavy atom. The Morgan fingerprint density at radius 2 is 2.06 bits per heavy atom. The van der Waals surface area contributed by atoms with E-state index in [-0.39, 0.29) is 18.7 Å². The summed E-state index contributed by atoms with van der Waals surface area (Å²) in [5.41, 5.74) is -0.0609. The van der Waals surface area contributed by atoms with Crippen LogP contribution in [0.3, 0.4) is 0 Å². The summed E-state index contributed by atoms with van der Waals surface area (Å²) in [5.74, 6) is 0. The Labute approximate surface area is 109 Å². The highest BCUT2D eigenvalue weighted by molar-refractivity contribution is 5.68. The molecule has 1 N–H and O–H groups in total. The number of amides is 1. The van der Waals surface area contributed by atoms with Crippen molar-refractivity contribution in [1.82, 2.24) is 4.90 Å². The predicted molar refractivity (Wildman–Crippen MR) is 69.3 cm³/mol. The maximum atomic E-state index is 12.1. The molecular weight excluding hydrogens is 230 g/mol. The van der Waals surface area contributed by atoms with Gasteiger partial charge in [-0.3, -0.25) is 0 Å². The maximum Gasteiger partial charge on any atom is 0.410 e. The van der Waals surface area contributed by atoms with E-state index in [1.54, 1.807) is 4.90 Å². The van der Waals surface area contributed by atoms with Crippen molar-refractivity contribution in [3.8, 4) is 0 Å². The highest BCUT2D eigenvalue weighted by Crippen LogP contribution is 2.50. The number of hydrogen-bond acceptors (Lipinski definition) is 3. The number of hydrogen-bond donors (Lipinski definition) is 1. The molecule has 1 saturated heterocycles. The number of ether oxygens (including phenoxy) is 1. The molecule has 4 nitrogen and oxygen atoms in total. The molecule has 1 amide bonds. The predicted octanol–water partition coefficient (Wildman–Crippen LogP) is 2.55. The fourth-order valence-corrected chi connectivity index (χ4v) is 3.11. The van der Waals surface area contributed by atoms with E-state index in [0.717, 1.165) is 19.4 Å². The van der Waals surface area contributed by atoms with Gasteiger partial charge in [0, 0.05) is 6.54 Å². The first-order valence-corrected chi connectivity index (χ1v) is 6.96. The van der Waals surface area contributed by atoms with Gasteiger partial charge in [-0.15, -0.1) is 0 Å². The van der Waals surface area contributed by atoms with Crippen LogP contribution in [0.4, 0.5) is 4.79 Å². The van der Waals surface area contributed by atoms with Gasteiger partial charge in [0.15, 0.2) is 0 Å². The summed E-state index contributed by atoms with van der Waals surface area (Å²) in [5, 5.41) is 9.51. The lowest BCUT2D eigenvalue weighted by atomic mass is 9.61. The van der Waals surface area contributed by atoms with E-state index in [9.17, 15) is 9.90 Å².